The third kappa shape index (κ3) is 2.75. The van der Waals surface area contributed by atoms with E-state index >= 15 is 0 Å². The second-order valence-corrected chi connectivity index (χ2v) is 7.28. The average molecular weight is 311 g/mol. The summed E-state index contributed by atoms with van der Waals surface area (Å²) in [6, 6.07) is 2.58. The minimum absolute atomic E-state index is 0.0932. The molecule has 1 heterocycles. The molecule has 1 unspecified atom stereocenters. The number of sulfonamides is 1. The van der Waals surface area contributed by atoms with Gasteiger partial charge in [-0.2, -0.15) is 4.31 Å². The largest absolute Gasteiger partial charge is 0.398 e. The third-order valence-electron chi connectivity index (χ3n) is 4.06. The van der Waals surface area contributed by atoms with Crippen molar-refractivity contribution in [1.82, 2.24) is 4.31 Å². The molecule has 1 fully saturated rings. The normalized spacial score (nSPS) is 20.4. The molecular weight excluding hydrogens is 290 g/mol. The number of nitrogen functional groups attached to an aromatic ring is 1. The fraction of sp³-hybridized carbons (Fsp3) is 0.500. The first kappa shape index (κ1) is 15.8. The van der Waals surface area contributed by atoms with E-state index in [0.717, 1.165) is 12.0 Å². The van der Waals surface area contributed by atoms with E-state index in [1.807, 2.05) is 6.92 Å². The maximum Gasteiger partial charge on any atom is 0.246 e. The van der Waals surface area contributed by atoms with Crippen molar-refractivity contribution in [2.75, 3.05) is 12.3 Å². The maximum absolute atomic E-state index is 12.9. The highest BCUT2D eigenvalue weighted by Crippen LogP contribution is 2.31. The van der Waals surface area contributed by atoms with Gasteiger partial charge < -0.3 is 11.5 Å². The Labute approximate surface area is 125 Å². The van der Waals surface area contributed by atoms with Gasteiger partial charge in [0.05, 0.1) is 5.69 Å². The van der Waals surface area contributed by atoms with Crippen LogP contribution in [-0.4, -0.2) is 31.2 Å². The van der Waals surface area contributed by atoms with Crippen LogP contribution in [0.15, 0.2) is 17.0 Å². The molecule has 0 aromatic heterocycles. The number of piperidine rings is 1. The number of nitrogens with two attached hydrogens (primary N) is 2. The molecule has 1 aromatic rings. The van der Waals surface area contributed by atoms with Crippen molar-refractivity contribution in [1.29, 1.82) is 0 Å². The van der Waals surface area contributed by atoms with Gasteiger partial charge in [-0.15, -0.1) is 0 Å². The van der Waals surface area contributed by atoms with Gasteiger partial charge in [0, 0.05) is 6.54 Å². The minimum Gasteiger partial charge on any atom is -0.398 e. The van der Waals surface area contributed by atoms with Crippen LogP contribution in [0.25, 0.3) is 0 Å². The Balaban J connectivity index is 2.56. The molecule has 6 nitrogen and oxygen atoms in total. The highest BCUT2D eigenvalue weighted by atomic mass is 32.2. The maximum atomic E-state index is 12.9. The number of amides is 1. The number of benzene rings is 1. The number of rotatable bonds is 3. The Hall–Kier alpha value is -1.60. The Morgan fingerprint density at radius 1 is 1.29 bits per heavy atom. The zero-order valence-corrected chi connectivity index (χ0v) is 13.1. The Bertz CT molecular complexity index is 670. The lowest BCUT2D eigenvalue weighted by molar-refractivity contribution is -0.122. The first-order valence-electron chi connectivity index (χ1n) is 6.93. The van der Waals surface area contributed by atoms with E-state index in [0.29, 0.717) is 24.9 Å². The molecule has 1 aliphatic rings. The first-order valence-corrected chi connectivity index (χ1v) is 8.37. The van der Waals surface area contributed by atoms with Gasteiger partial charge in [-0.25, -0.2) is 8.42 Å². The summed E-state index contributed by atoms with van der Waals surface area (Å²) in [5, 5.41) is 0. The van der Waals surface area contributed by atoms with Crippen molar-refractivity contribution in [2.45, 2.75) is 44.0 Å². The number of anilines is 1. The van der Waals surface area contributed by atoms with Gasteiger partial charge in [-0.3, -0.25) is 4.79 Å². The number of hydrogen-bond donors (Lipinski definition) is 2. The van der Waals surface area contributed by atoms with Gasteiger partial charge in [0.2, 0.25) is 15.9 Å². The monoisotopic (exact) mass is 311 g/mol. The van der Waals surface area contributed by atoms with Crippen LogP contribution < -0.4 is 11.5 Å². The van der Waals surface area contributed by atoms with Gasteiger partial charge in [0.1, 0.15) is 10.9 Å². The first-order chi connectivity index (χ1) is 9.76. The van der Waals surface area contributed by atoms with Gasteiger partial charge in [0.15, 0.2) is 0 Å². The van der Waals surface area contributed by atoms with Crippen LogP contribution in [-0.2, 0) is 14.8 Å². The highest BCUT2D eigenvalue weighted by molar-refractivity contribution is 7.89. The van der Waals surface area contributed by atoms with Crippen LogP contribution in [0.4, 0.5) is 5.69 Å². The zero-order valence-electron chi connectivity index (χ0n) is 12.3. The molecule has 1 amide bonds. The average Bonchev–Trinajstić information content (AvgIpc) is 2.43. The number of nitrogens with zero attached hydrogens (tertiary/aromatic N) is 1. The standard InChI is InChI=1S/C14H21N3O3S/c1-9-6-7-11(15)13(10(9)2)21(19,20)17-8-4-3-5-12(17)14(16)18/h6-7,12H,3-5,8,15H2,1-2H3,(H2,16,18). The summed E-state index contributed by atoms with van der Waals surface area (Å²) in [5.74, 6) is -0.609. The van der Waals surface area contributed by atoms with E-state index in [1.54, 1.807) is 19.1 Å². The molecule has 4 N–H and O–H groups in total. The minimum atomic E-state index is -3.83. The molecule has 1 saturated heterocycles. The molecule has 1 atom stereocenters. The topological polar surface area (TPSA) is 106 Å². The van der Waals surface area contributed by atoms with Gasteiger partial charge >= 0.3 is 0 Å². The second kappa shape index (κ2) is 5.65. The van der Waals surface area contributed by atoms with Crippen LogP contribution in [0.2, 0.25) is 0 Å². The summed E-state index contributed by atoms with van der Waals surface area (Å²) in [6.45, 7) is 3.85. The summed E-state index contributed by atoms with van der Waals surface area (Å²) < 4.78 is 27.1. The third-order valence-corrected chi connectivity index (χ3v) is 6.17. The Morgan fingerprint density at radius 3 is 2.57 bits per heavy atom. The quantitative estimate of drug-likeness (QED) is 0.809. The lowest BCUT2D eigenvalue weighted by Gasteiger charge is -2.33. The van der Waals surface area contributed by atoms with E-state index in [4.69, 9.17) is 11.5 Å². The van der Waals surface area contributed by atoms with Crippen molar-refractivity contribution in [3.8, 4) is 0 Å². The molecule has 7 heteroatoms. The molecule has 1 aliphatic heterocycles. The summed E-state index contributed by atoms with van der Waals surface area (Å²) in [4.78, 5) is 11.7. The van der Waals surface area contributed by atoms with E-state index in [9.17, 15) is 13.2 Å². The smallest absolute Gasteiger partial charge is 0.246 e. The van der Waals surface area contributed by atoms with Crippen molar-refractivity contribution >= 4 is 21.6 Å². The predicted molar refractivity (Wildman–Crippen MR) is 81.1 cm³/mol. The molecular formula is C14H21N3O3S. The molecule has 21 heavy (non-hydrogen) atoms. The Morgan fingerprint density at radius 2 is 1.95 bits per heavy atom. The number of hydrogen-bond acceptors (Lipinski definition) is 4. The molecule has 116 valence electrons. The molecule has 0 aliphatic carbocycles. The molecule has 0 saturated carbocycles. The Kier molecular flexibility index (Phi) is 4.25. The van der Waals surface area contributed by atoms with Crippen LogP contribution in [0.1, 0.15) is 30.4 Å². The van der Waals surface area contributed by atoms with Crippen molar-refractivity contribution in [3.05, 3.63) is 23.3 Å². The van der Waals surface area contributed by atoms with Gasteiger partial charge in [-0.05, 0) is 43.9 Å². The lowest BCUT2D eigenvalue weighted by atomic mass is 10.0. The van der Waals surface area contributed by atoms with E-state index < -0.39 is 22.0 Å². The number of aryl methyl sites for hydroxylation is 1. The number of carbonyl (C=O) groups is 1. The van der Waals surface area contributed by atoms with Crippen LogP contribution in [0.5, 0.6) is 0 Å². The van der Waals surface area contributed by atoms with E-state index in [-0.39, 0.29) is 10.6 Å². The lowest BCUT2D eigenvalue weighted by Crippen LogP contribution is -2.50. The zero-order chi connectivity index (χ0) is 15.8. The van der Waals surface area contributed by atoms with Gasteiger partial charge in [-0.1, -0.05) is 12.5 Å². The summed E-state index contributed by atoms with van der Waals surface area (Å²) in [6.07, 6.45) is 1.97. The van der Waals surface area contributed by atoms with Crippen molar-refractivity contribution in [2.24, 2.45) is 5.73 Å². The SMILES string of the molecule is Cc1ccc(N)c(S(=O)(=O)N2CCCCC2C(N)=O)c1C. The molecule has 0 bridgehead atoms. The van der Waals surface area contributed by atoms with Gasteiger partial charge in [0.25, 0.3) is 0 Å². The van der Waals surface area contributed by atoms with Crippen LogP contribution in [0, 0.1) is 13.8 Å². The number of primary amides is 1. The summed E-state index contributed by atoms with van der Waals surface area (Å²) in [7, 11) is -3.83. The summed E-state index contributed by atoms with van der Waals surface area (Å²) >= 11 is 0. The highest BCUT2D eigenvalue weighted by Gasteiger charge is 2.38. The van der Waals surface area contributed by atoms with Crippen molar-refractivity contribution in [3.63, 3.8) is 0 Å². The van der Waals surface area contributed by atoms with Crippen molar-refractivity contribution < 1.29 is 13.2 Å². The predicted octanol–water partition coefficient (Wildman–Crippen LogP) is 0.914. The molecule has 2 rings (SSSR count). The second-order valence-electron chi connectivity index (χ2n) is 5.46. The van der Waals surface area contributed by atoms with E-state index in [1.165, 1.54) is 4.31 Å². The fourth-order valence-corrected chi connectivity index (χ4v) is 4.81. The molecule has 0 radical (unpaired) electrons. The van der Waals surface area contributed by atoms with E-state index in [2.05, 4.69) is 0 Å². The van der Waals surface area contributed by atoms with Crippen LogP contribution in [0.3, 0.4) is 0 Å². The van der Waals surface area contributed by atoms with Crippen LogP contribution >= 0.6 is 0 Å². The fourth-order valence-electron chi connectivity index (χ4n) is 2.75. The molecule has 1 aromatic carbocycles. The number of carbonyl (C=O) groups excluding carboxylic acids is 1. The molecule has 0 spiro atoms. The summed E-state index contributed by atoms with van der Waals surface area (Å²) in [5.41, 5.74) is 12.9.